The van der Waals surface area contributed by atoms with Crippen LogP contribution in [0.4, 0.5) is 0 Å². The Balaban J connectivity index is 2.78. The number of allylic oxidation sites excluding steroid dienone is 1. The molecule has 0 saturated heterocycles. The zero-order chi connectivity index (χ0) is 14.3. The summed E-state index contributed by atoms with van der Waals surface area (Å²) in [5.74, 6) is 0. The molecule has 5 nitrogen and oxygen atoms in total. The number of hydrogen-bond acceptors (Lipinski definition) is 3. The van der Waals surface area contributed by atoms with Crippen molar-refractivity contribution in [3.63, 3.8) is 0 Å². The van der Waals surface area contributed by atoms with E-state index in [1.165, 1.54) is 16.8 Å². The summed E-state index contributed by atoms with van der Waals surface area (Å²) in [4.78, 5) is 25.2. The average molecular weight is 264 g/mol. The smallest absolute Gasteiger partial charge is 0.330 e. The van der Waals surface area contributed by atoms with E-state index in [1.807, 2.05) is 6.08 Å². The molecule has 0 spiro atoms. The normalized spacial score (nSPS) is 12.7. The van der Waals surface area contributed by atoms with Gasteiger partial charge in [0.25, 0.3) is 5.56 Å². The van der Waals surface area contributed by atoms with Crippen LogP contribution in [0.15, 0.2) is 40.6 Å². The van der Waals surface area contributed by atoms with Gasteiger partial charge in [0.1, 0.15) is 0 Å². The van der Waals surface area contributed by atoms with Gasteiger partial charge in [0, 0.05) is 11.8 Å². The number of nitrogens with zero attached hydrogens (tertiary/aromatic N) is 1. The molecular formula is C14H20N2O3. The molecule has 0 bridgehead atoms. The highest BCUT2D eigenvalue weighted by molar-refractivity contribution is 5.02. The van der Waals surface area contributed by atoms with Gasteiger partial charge in [-0.3, -0.25) is 14.3 Å². The van der Waals surface area contributed by atoms with Gasteiger partial charge in [-0.2, -0.15) is 0 Å². The lowest BCUT2D eigenvalue weighted by atomic mass is 10.3. The standard InChI is InChI=1S/C14H20N2O3/c1-4-6-7-8-9-19-12(5-2)16-10-11(3)13(17)15-14(16)18/h5-7,10,12H,2,4,8-9H2,1,3H3,(H,15,17,18)/b7-6-/t12-/m0/s1. The molecule has 0 saturated carbocycles. The van der Waals surface area contributed by atoms with Gasteiger partial charge in [-0.05, 0) is 25.8 Å². The lowest BCUT2D eigenvalue weighted by Gasteiger charge is -2.16. The molecule has 0 amide bonds. The van der Waals surface area contributed by atoms with Crippen LogP contribution in [0.1, 0.15) is 31.6 Å². The third-order valence-electron chi connectivity index (χ3n) is 2.60. The van der Waals surface area contributed by atoms with Crippen LogP contribution >= 0.6 is 0 Å². The molecule has 5 heteroatoms. The molecule has 0 fully saturated rings. The Hall–Kier alpha value is -1.88. The molecule has 1 atom stereocenters. The number of nitrogens with one attached hydrogen (secondary N) is 1. The average Bonchev–Trinajstić information content (AvgIpc) is 2.39. The first-order valence-corrected chi connectivity index (χ1v) is 6.31. The lowest BCUT2D eigenvalue weighted by molar-refractivity contribution is 0.0373. The molecule has 0 radical (unpaired) electrons. The van der Waals surface area contributed by atoms with Gasteiger partial charge in [0.2, 0.25) is 0 Å². The van der Waals surface area contributed by atoms with Gasteiger partial charge < -0.3 is 4.74 Å². The Kier molecular flexibility index (Phi) is 6.02. The molecule has 0 aliphatic rings. The predicted octanol–water partition coefficient (Wildman–Crippen LogP) is 1.90. The number of H-pyrrole nitrogens is 1. The van der Waals surface area contributed by atoms with Gasteiger partial charge >= 0.3 is 5.69 Å². The molecule has 1 heterocycles. The third kappa shape index (κ3) is 4.37. The van der Waals surface area contributed by atoms with Crippen molar-refractivity contribution in [2.75, 3.05) is 6.61 Å². The molecular weight excluding hydrogens is 244 g/mol. The lowest BCUT2D eigenvalue weighted by Crippen LogP contribution is -2.33. The van der Waals surface area contributed by atoms with E-state index in [-0.39, 0.29) is 5.56 Å². The Labute approximate surface area is 112 Å². The van der Waals surface area contributed by atoms with E-state index in [0.717, 1.165) is 12.8 Å². The summed E-state index contributed by atoms with van der Waals surface area (Å²) in [7, 11) is 0. The Bertz CT molecular complexity index is 555. The van der Waals surface area contributed by atoms with Crippen molar-refractivity contribution < 1.29 is 4.74 Å². The van der Waals surface area contributed by atoms with Crippen LogP contribution in [-0.4, -0.2) is 16.2 Å². The van der Waals surface area contributed by atoms with E-state index in [0.29, 0.717) is 12.2 Å². The van der Waals surface area contributed by atoms with E-state index >= 15 is 0 Å². The van der Waals surface area contributed by atoms with E-state index in [1.54, 1.807) is 6.92 Å². The minimum Gasteiger partial charge on any atom is -0.354 e. The number of rotatable bonds is 7. The fourth-order valence-electron chi connectivity index (χ4n) is 1.58. The minimum atomic E-state index is -0.571. The maximum Gasteiger partial charge on any atom is 0.330 e. The molecule has 0 aliphatic heterocycles. The zero-order valence-electron chi connectivity index (χ0n) is 11.4. The first kappa shape index (κ1) is 15.2. The molecule has 0 unspecified atom stereocenters. The molecule has 1 N–H and O–H groups in total. The molecule has 19 heavy (non-hydrogen) atoms. The van der Waals surface area contributed by atoms with Crippen LogP contribution < -0.4 is 11.2 Å². The van der Waals surface area contributed by atoms with Crippen LogP contribution in [0.5, 0.6) is 0 Å². The van der Waals surface area contributed by atoms with Crippen molar-refractivity contribution in [1.29, 1.82) is 0 Å². The largest absolute Gasteiger partial charge is 0.354 e. The van der Waals surface area contributed by atoms with E-state index in [9.17, 15) is 9.59 Å². The van der Waals surface area contributed by atoms with Crippen molar-refractivity contribution in [2.45, 2.75) is 32.9 Å². The van der Waals surface area contributed by atoms with Crippen molar-refractivity contribution >= 4 is 0 Å². The number of aryl methyl sites for hydroxylation is 1. The molecule has 1 aromatic heterocycles. The van der Waals surface area contributed by atoms with Gasteiger partial charge in [0.05, 0.1) is 6.61 Å². The number of aromatic nitrogens is 2. The molecule has 1 rings (SSSR count). The molecule has 104 valence electrons. The summed E-state index contributed by atoms with van der Waals surface area (Å²) in [6, 6.07) is 0. The Morgan fingerprint density at radius 2 is 2.21 bits per heavy atom. The maximum absolute atomic E-state index is 11.7. The summed E-state index contributed by atoms with van der Waals surface area (Å²) in [6.07, 6.45) is 8.29. The van der Waals surface area contributed by atoms with E-state index in [4.69, 9.17) is 4.74 Å². The SMILES string of the molecule is C=C[C@H](OCC/C=C\CC)n1cc(C)c(=O)[nH]c1=O. The fourth-order valence-corrected chi connectivity index (χ4v) is 1.58. The van der Waals surface area contributed by atoms with Crippen LogP contribution in [0.3, 0.4) is 0 Å². The summed E-state index contributed by atoms with van der Waals surface area (Å²) in [5.41, 5.74) is -0.416. The number of aromatic amines is 1. The molecule has 1 aromatic rings. The zero-order valence-corrected chi connectivity index (χ0v) is 11.4. The van der Waals surface area contributed by atoms with E-state index < -0.39 is 11.9 Å². The van der Waals surface area contributed by atoms with Gasteiger partial charge in [0.15, 0.2) is 6.23 Å². The quantitative estimate of drug-likeness (QED) is 0.604. The highest BCUT2D eigenvalue weighted by Crippen LogP contribution is 2.07. The summed E-state index contributed by atoms with van der Waals surface area (Å²) < 4.78 is 6.90. The molecule has 0 aromatic carbocycles. The first-order valence-electron chi connectivity index (χ1n) is 6.31. The van der Waals surface area contributed by atoms with Gasteiger partial charge in [-0.25, -0.2) is 4.79 Å². The van der Waals surface area contributed by atoms with Gasteiger partial charge in [-0.1, -0.05) is 25.7 Å². The Morgan fingerprint density at radius 3 is 2.84 bits per heavy atom. The Morgan fingerprint density at radius 1 is 1.47 bits per heavy atom. The third-order valence-corrected chi connectivity index (χ3v) is 2.60. The highest BCUT2D eigenvalue weighted by atomic mass is 16.5. The first-order chi connectivity index (χ1) is 9.10. The number of ether oxygens (including phenoxy) is 1. The predicted molar refractivity (Wildman–Crippen MR) is 75.3 cm³/mol. The topological polar surface area (TPSA) is 64.1 Å². The summed E-state index contributed by atoms with van der Waals surface area (Å²) in [6.45, 7) is 7.83. The van der Waals surface area contributed by atoms with E-state index in [2.05, 4.69) is 24.6 Å². The fraction of sp³-hybridized carbons (Fsp3) is 0.429. The monoisotopic (exact) mass is 264 g/mol. The second-order valence-corrected chi connectivity index (χ2v) is 4.14. The summed E-state index contributed by atoms with van der Waals surface area (Å²) in [5, 5.41) is 0. The van der Waals surface area contributed by atoms with Crippen LogP contribution in [0.2, 0.25) is 0 Å². The van der Waals surface area contributed by atoms with Crippen molar-refractivity contribution in [1.82, 2.24) is 9.55 Å². The van der Waals surface area contributed by atoms with Crippen LogP contribution in [-0.2, 0) is 4.74 Å². The number of hydrogen-bond donors (Lipinski definition) is 1. The molecule has 0 aliphatic carbocycles. The van der Waals surface area contributed by atoms with Crippen molar-refractivity contribution in [3.8, 4) is 0 Å². The van der Waals surface area contributed by atoms with Crippen LogP contribution in [0, 0.1) is 6.92 Å². The second kappa shape index (κ2) is 7.53. The summed E-state index contributed by atoms with van der Waals surface area (Å²) >= 11 is 0. The minimum absolute atomic E-state index is 0.380. The van der Waals surface area contributed by atoms with Crippen molar-refractivity contribution in [2.24, 2.45) is 0 Å². The van der Waals surface area contributed by atoms with Crippen LogP contribution in [0.25, 0.3) is 0 Å². The second-order valence-electron chi connectivity index (χ2n) is 4.14. The maximum atomic E-state index is 11.7. The highest BCUT2D eigenvalue weighted by Gasteiger charge is 2.10. The van der Waals surface area contributed by atoms with Gasteiger partial charge in [-0.15, -0.1) is 0 Å². The van der Waals surface area contributed by atoms with Crippen molar-refractivity contribution in [3.05, 3.63) is 57.4 Å².